The predicted molar refractivity (Wildman–Crippen MR) is 112 cm³/mol. The summed E-state index contributed by atoms with van der Waals surface area (Å²) in [5.41, 5.74) is 0.230. The van der Waals surface area contributed by atoms with E-state index in [-0.39, 0.29) is 18.5 Å². The van der Waals surface area contributed by atoms with Crippen LogP contribution in [-0.2, 0) is 17.5 Å². The molecule has 1 saturated heterocycles. The minimum Gasteiger partial charge on any atom is -0.356 e. The van der Waals surface area contributed by atoms with Gasteiger partial charge in [0.2, 0.25) is 5.91 Å². The zero-order valence-corrected chi connectivity index (χ0v) is 17.9. The molecule has 1 fully saturated rings. The van der Waals surface area contributed by atoms with E-state index in [2.05, 4.69) is 27.4 Å². The number of hydrogen-bond acceptors (Lipinski definition) is 3. The van der Waals surface area contributed by atoms with Crippen LogP contribution in [0.5, 0.6) is 0 Å². The molecule has 0 spiro atoms. The number of nitrogens with one attached hydrogen (secondary N) is 2. The van der Waals surface area contributed by atoms with Crippen molar-refractivity contribution in [3.63, 3.8) is 0 Å². The Kier molecular flexibility index (Phi) is 8.95. The number of halogens is 3. The van der Waals surface area contributed by atoms with E-state index < -0.39 is 11.7 Å². The summed E-state index contributed by atoms with van der Waals surface area (Å²) >= 11 is 0. The third-order valence-corrected chi connectivity index (χ3v) is 4.99. The van der Waals surface area contributed by atoms with Crippen LogP contribution in [0.2, 0.25) is 0 Å². The second-order valence-electron chi connectivity index (χ2n) is 7.79. The summed E-state index contributed by atoms with van der Waals surface area (Å²) in [6.07, 6.45) is -1.35. The zero-order chi connectivity index (χ0) is 22.1. The average molecular weight is 428 g/mol. The van der Waals surface area contributed by atoms with E-state index >= 15 is 0 Å². The first-order chi connectivity index (χ1) is 14.2. The number of nitrogens with zero attached hydrogens (tertiary/aromatic N) is 3. The molecule has 0 bridgehead atoms. The van der Waals surface area contributed by atoms with Gasteiger partial charge in [-0.2, -0.15) is 13.2 Å². The topological polar surface area (TPSA) is 60.0 Å². The Labute approximate surface area is 176 Å². The number of likely N-dealkylation sites (N-methyl/N-ethyl adjacent to an activating group) is 1. The molecule has 1 aromatic rings. The number of alkyl halides is 3. The number of benzene rings is 1. The van der Waals surface area contributed by atoms with Crippen molar-refractivity contribution in [2.45, 2.75) is 44.9 Å². The minimum atomic E-state index is -4.31. The van der Waals surface area contributed by atoms with Crippen molar-refractivity contribution < 1.29 is 18.0 Å². The fourth-order valence-corrected chi connectivity index (χ4v) is 3.17. The van der Waals surface area contributed by atoms with E-state index in [1.165, 1.54) is 17.0 Å². The number of likely N-dealkylation sites (tertiary alicyclic amines) is 1. The number of amides is 1. The van der Waals surface area contributed by atoms with Crippen LogP contribution in [0.15, 0.2) is 29.3 Å². The summed E-state index contributed by atoms with van der Waals surface area (Å²) in [6, 6.07) is 5.50. The van der Waals surface area contributed by atoms with Gasteiger partial charge < -0.3 is 15.5 Å². The number of guanidine groups is 1. The summed E-state index contributed by atoms with van der Waals surface area (Å²) in [7, 11) is 3.40. The lowest BCUT2D eigenvalue weighted by atomic mass is 10.1. The number of rotatable bonds is 8. The van der Waals surface area contributed by atoms with Gasteiger partial charge in [0.25, 0.3) is 0 Å². The molecule has 1 atom stereocenters. The van der Waals surface area contributed by atoms with E-state index in [0.717, 1.165) is 56.6 Å². The van der Waals surface area contributed by atoms with E-state index in [1.807, 2.05) is 0 Å². The average Bonchev–Trinajstić information content (AvgIpc) is 3.12. The van der Waals surface area contributed by atoms with Gasteiger partial charge >= 0.3 is 6.18 Å². The molecule has 6 nitrogen and oxygen atoms in total. The molecule has 1 amide bonds. The first-order valence-corrected chi connectivity index (χ1v) is 10.3. The Hall–Kier alpha value is -2.29. The molecule has 9 heteroatoms. The summed E-state index contributed by atoms with van der Waals surface area (Å²) in [6.45, 7) is 5.17. The smallest absolute Gasteiger partial charge is 0.356 e. The monoisotopic (exact) mass is 427 g/mol. The van der Waals surface area contributed by atoms with E-state index in [9.17, 15) is 18.0 Å². The molecular formula is C21H32F3N5O. The van der Waals surface area contributed by atoms with Gasteiger partial charge in [-0.15, -0.1) is 0 Å². The number of unbranched alkanes of at least 4 members (excludes halogenated alkanes) is 1. The van der Waals surface area contributed by atoms with Crippen molar-refractivity contribution in [1.29, 1.82) is 0 Å². The third kappa shape index (κ3) is 7.85. The molecule has 168 valence electrons. The Morgan fingerprint density at radius 2 is 1.97 bits per heavy atom. The van der Waals surface area contributed by atoms with Crippen molar-refractivity contribution >= 4 is 11.9 Å². The Bertz CT molecular complexity index is 704. The minimum absolute atomic E-state index is 0.0676. The molecule has 2 N–H and O–H groups in total. The highest BCUT2D eigenvalue weighted by Crippen LogP contribution is 2.29. The van der Waals surface area contributed by atoms with Crippen LogP contribution in [-0.4, -0.2) is 68.0 Å². The molecule has 30 heavy (non-hydrogen) atoms. The molecule has 0 aliphatic carbocycles. The first-order valence-electron chi connectivity index (χ1n) is 10.3. The van der Waals surface area contributed by atoms with Gasteiger partial charge in [-0.1, -0.05) is 25.5 Å². The fraction of sp³-hybridized carbons (Fsp3) is 0.619. The summed E-state index contributed by atoms with van der Waals surface area (Å²) in [5.74, 6) is 0.557. The van der Waals surface area contributed by atoms with E-state index in [0.29, 0.717) is 12.5 Å². The van der Waals surface area contributed by atoms with Crippen LogP contribution in [0, 0.1) is 0 Å². The van der Waals surface area contributed by atoms with Crippen molar-refractivity contribution in [3.8, 4) is 0 Å². The Morgan fingerprint density at radius 1 is 1.27 bits per heavy atom. The molecule has 0 saturated carbocycles. The molecule has 1 heterocycles. The van der Waals surface area contributed by atoms with E-state index in [4.69, 9.17) is 0 Å². The molecule has 1 aromatic carbocycles. The summed E-state index contributed by atoms with van der Waals surface area (Å²) < 4.78 is 38.1. The zero-order valence-electron chi connectivity index (χ0n) is 17.9. The van der Waals surface area contributed by atoms with Crippen molar-refractivity contribution in [2.24, 2.45) is 4.99 Å². The highest BCUT2D eigenvalue weighted by Gasteiger charge is 2.30. The second kappa shape index (κ2) is 11.2. The third-order valence-electron chi connectivity index (χ3n) is 4.99. The van der Waals surface area contributed by atoms with Crippen LogP contribution in [0.4, 0.5) is 13.2 Å². The first kappa shape index (κ1) is 24.0. The van der Waals surface area contributed by atoms with Crippen LogP contribution >= 0.6 is 0 Å². The fourth-order valence-electron chi connectivity index (χ4n) is 3.17. The number of aliphatic imine (C=N–C) groups is 1. The lowest BCUT2D eigenvalue weighted by molar-refractivity contribution is -0.137. The van der Waals surface area contributed by atoms with E-state index in [1.54, 1.807) is 14.1 Å². The molecular weight excluding hydrogens is 395 g/mol. The van der Waals surface area contributed by atoms with Crippen LogP contribution in [0.1, 0.15) is 37.3 Å². The maximum absolute atomic E-state index is 12.7. The number of hydrogen-bond donors (Lipinski definition) is 2. The van der Waals surface area contributed by atoms with Gasteiger partial charge in [-0.3, -0.25) is 9.69 Å². The van der Waals surface area contributed by atoms with Gasteiger partial charge in [0.15, 0.2) is 5.96 Å². The van der Waals surface area contributed by atoms with Crippen molar-refractivity contribution in [3.05, 3.63) is 35.4 Å². The largest absolute Gasteiger partial charge is 0.416 e. The summed E-state index contributed by atoms with van der Waals surface area (Å²) in [4.78, 5) is 20.0. The highest BCUT2D eigenvalue weighted by atomic mass is 19.4. The van der Waals surface area contributed by atoms with Gasteiger partial charge in [0.1, 0.15) is 6.54 Å². The lowest BCUT2D eigenvalue weighted by Crippen LogP contribution is -2.45. The quantitative estimate of drug-likeness (QED) is 0.381. The number of carbonyl (C=O) groups is 1. The van der Waals surface area contributed by atoms with Crippen LogP contribution in [0.25, 0.3) is 0 Å². The normalized spacial score (nSPS) is 17.8. The Balaban J connectivity index is 1.89. The molecule has 1 aliphatic heterocycles. The van der Waals surface area contributed by atoms with Crippen LogP contribution < -0.4 is 10.6 Å². The predicted octanol–water partition coefficient (Wildman–Crippen LogP) is 2.70. The standard InChI is InChI=1S/C21H32F3N5O/c1-4-5-11-25-20(26-13-19(30)28(2)3)27-18-10-12-29(15-18)14-16-6-8-17(9-7-16)21(22,23)24/h6-9,18H,4-5,10-15H2,1-3H3,(H2,25,26,27). The van der Waals surface area contributed by atoms with Crippen LogP contribution in [0.3, 0.4) is 0 Å². The van der Waals surface area contributed by atoms with Gasteiger partial charge in [0.05, 0.1) is 5.56 Å². The molecule has 1 aliphatic rings. The van der Waals surface area contributed by atoms with Gasteiger partial charge in [-0.05, 0) is 30.5 Å². The highest BCUT2D eigenvalue weighted by molar-refractivity contribution is 5.84. The second-order valence-corrected chi connectivity index (χ2v) is 7.79. The molecule has 2 rings (SSSR count). The maximum Gasteiger partial charge on any atom is 0.416 e. The Morgan fingerprint density at radius 3 is 2.57 bits per heavy atom. The van der Waals surface area contributed by atoms with Crippen molar-refractivity contribution in [1.82, 2.24) is 20.4 Å². The number of carbonyl (C=O) groups excluding carboxylic acids is 1. The van der Waals surface area contributed by atoms with Crippen molar-refractivity contribution in [2.75, 3.05) is 40.3 Å². The van der Waals surface area contributed by atoms with Gasteiger partial charge in [-0.25, -0.2) is 4.99 Å². The summed E-state index contributed by atoms with van der Waals surface area (Å²) in [5, 5.41) is 6.66. The molecule has 0 aromatic heterocycles. The SMILES string of the molecule is CCCCNC(=NCC(=O)N(C)C)NC1CCN(Cc2ccc(C(F)(F)F)cc2)C1. The molecule has 1 unspecified atom stereocenters. The lowest BCUT2D eigenvalue weighted by Gasteiger charge is -2.20. The molecule has 0 radical (unpaired) electrons. The maximum atomic E-state index is 12.7. The van der Waals surface area contributed by atoms with Gasteiger partial charge in [0, 0.05) is 46.3 Å².